The molecule has 5 heteroatoms. The highest BCUT2D eigenvalue weighted by Crippen LogP contribution is 2.10. The number of nitrogens with zero attached hydrogens (tertiary/aromatic N) is 1. The Bertz CT molecular complexity index is 379. The summed E-state index contributed by atoms with van der Waals surface area (Å²) in [6, 6.07) is 8.15. The molecule has 0 radical (unpaired) electrons. The van der Waals surface area contributed by atoms with E-state index in [-0.39, 0.29) is 30.9 Å². The van der Waals surface area contributed by atoms with E-state index in [1.165, 1.54) is 0 Å². The van der Waals surface area contributed by atoms with Gasteiger partial charge in [-0.25, -0.2) is 4.98 Å². The van der Waals surface area contributed by atoms with Crippen LogP contribution in [0.15, 0.2) is 24.3 Å². The third-order valence-corrected chi connectivity index (χ3v) is 1.95. The quantitative estimate of drug-likeness (QED) is 0.856. The van der Waals surface area contributed by atoms with Crippen LogP contribution in [-0.2, 0) is 6.42 Å². The normalized spacial score (nSPS) is 11.6. The third kappa shape index (κ3) is 3.38. The highest BCUT2D eigenvalue weighted by Gasteiger charge is 2.03. The van der Waals surface area contributed by atoms with Crippen LogP contribution in [0.5, 0.6) is 0 Å². The number of H-pyrrole nitrogens is 1. The van der Waals surface area contributed by atoms with Gasteiger partial charge in [-0.1, -0.05) is 12.1 Å². The number of para-hydroxylation sites is 2. The zero-order valence-electron chi connectivity index (χ0n) is 8.43. The van der Waals surface area contributed by atoms with E-state index in [0.29, 0.717) is 0 Å². The van der Waals surface area contributed by atoms with Gasteiger partial charge in [0.25, 0.3) is 0 Å². The molecule has 0 aliphatic heterocycles. The molecule has 3 nitrogen and oxygen atoms in total. The zero-order chi connectivity index (χ0) is 9.26. The van der Waals surface area contributed by atoms with Gasteiger partial charge in [-0.2, -0.15) is 0 Å². The Hall–Kier alpha value is -0.770. The predicted molar refractivity (Wildman–Crippen MR) is 67.9 cm³/mol. The molecule has 0 aliphatic carbocycles. The summed E-state index contributed by atoms with van der Waals surface area (Å²) in [4.78, 5) is 7.65. The maximum absolute atomic E-state index is 5.69. The lowest BCUT2D eigenvalue weighted by molar-refractivity contribution is 0.712. The van der Waals surface area contributed by atoms with Gasteiger partial charge in [0.15, 0.2) is 0 Å². The van der Waals surface area contributed by atoms with Gasteiger partial charge in [0.1, 0.15) is 5.82 Å². The largest absolute Gasteiger partial charge is 0.342 e. The number of nitrogens with two attached hydrogens (primary N) is 1. The molecule has 0 aliphatic rings. The second-order valence-corrected chi connectivity index (χ2v) is 3.38. The minimum absolute atomic E-state index is 0. The van der Waals surface area contributed by atoms with Crippen molar-refractivity contribution < 1.29 is 0 Å². The molecule has 0 saturated carbocycles. The fraction of sp³-hybridized carbons (Fsp3) is 0.300. The lowest BCUT2D eigenvalue weighted by Gasteiger charge is -1.98. The molecule has 1 aromatic heterocycles. The van der Waals surface area contributed by atoms with Crippen molar-refractivity contribution in [3.63, 3.8) is 0 Å². The Labute approximate surface area is 101 Å². The van der Waals surface area contributed by atoms with Crippen LogP contribution in [-0.4, -0.2) is 16.0 Å². The molecule has 3 N–H and O–H groups in total. The van der Waals surface area contributed by atoms with Crippen LogP contribution in [0.3, 0.4) is 0 Å². The summed E-state index contributed by atoms with van der Waals surface area (Å²) in [6.45, 7) is 1.98. The summed E-state index contributed by atoms with van der Waals surface area (Å²) in [5, 5.41) is 0. The number of hydrogen-bond acceptors (Lipinski definition) is 2. The number of halogens is 2. The van der Waals surface area contributed by atoms with Crippen molar-refractivity contribution in [3.8, 4) is 0 Å². The molecule has 0 fully saturated rings. The maximum Gasteiger partial charge on any atom is 0.108 e. The van der Waals surface area contributed by atoms with Crippen LogP contribution < -0.4 is 5.73 Å². The van der Waals surface area contributed by atoms with Crippen molar-refractivity contribution in [3.05, 3.63) is 30.1 Å². The van der Waals surface area contributed by atoms with E-state index in [9.17, 15) is 0 Å². The number of rotatable bonds is 2. The molecule has 1 aromatic carbocycles. The Balaban J connectivity index is 0.000000980. The van der Waals surface area contributed by atoms with Gasteiger partial charge in [-0.15, -0.1) is 24.8 Å². The Morgan fingerprint density at radius 1 is 1.33 bits per heavy atom. The smallest absolute Gasteiger partial charge is 0.108 e. The lowest BCUT2D eigenvalue weighted by atomic mass is 10.2. The molecule has 0 spiro atoms. The average molecular weight is 248 g/mol. The first-order chi connectivity index (χ1) is 6.25. The Morgan fingerprint density at radius 2 is 2.00 bits per heavy atom. The third-order valence-electron chi connectivity index (χ3n) is 1.95. The minimum atomic E-state index is 0. The first kappa shape index (κ1) is 14.2. The molecular formula is C10H15Cl2N3. The number of aromatic amines is 1. The summed E-state index contributed by atoms with van der Waals surface area (Å²) in [7, 11) is 0. The van der Waals surface area contributed by atoms with Crippen LogP contribution in [0.4, 0.5) is 0 Å². The standard InChI is InChI=1S/C10H13N3.2ClH/c1-7(11)6-10-12-8-4-2-3-5-9(8)13-10;;/h2-5,7H,6,11H2,1H3,(H,12,13);2*1H/t7-;;/m0../s1. The second-order valence-electron chi connectivity index (χ2n) is 3.38. The van der Waals surface area contributed by atoms with E-state index in [0.717, 1.165) is 23.3 Å². The summed E-state index contributed by atoms with van der Waals surface area (Å²) >= 11 is 0. The number of hydrogen-bond donors (Lipinski definition) is 2. The van der Waals surface area contributed by atoms with Crippen LogP contribution in [0.2, 0.25) is 0 Å². The summed E-state index contributed by atoms with van der Waals surface area (Å²) < 4.78 is 0. The molecule has 2 aromatic rings. The molecule has 0 saturated heterocycles. The molecule has 15 heavy (non-hydrogen) atoms. The van der Waals surface area contributed by atoms with Crippen molar-refractivity contribution in [2.45, 2.75) is 19.4 Å². The van der Waals surface area contributed by atoms with E-state index < -0.39 is 0 Å². The summed E-state index contributed by atoms with van der Waals surface area (Å²) in [5.41, 5.74) is 7.78. The molecule has 1 atom stereocenters. The molecular weight excluding hydrogens is 233 g/mol. The second kappa shape index (κ2) is 5.95. The average Bonchev–Trinajstić information content (AvgIpc) is 2.44. The molecule has 0 unspecified atom stereocenters. The Morgan fingerprint density at radius 3 is 2.60 bits per heavy atom. The zero-order valence-corrected chi connectivity index (χ0v) is 10.1. The van der Waals surface area contributed by atoms with Crippen LogP contribution in [0, 0.1) is 0 Å². The topological polar surface area (TPSA) is 54.7 Å². The molecule has 2 rings (SSSR count). The first-order valence-electron chi connectivity index (χ1n) is 4.45. The van der Waals surface area contributed by atoms with E-state index in [2.05, 4.69) is 9.97 Å². The molecule has 0 amide bonds. The maximum atomic E-state index is 5.69. The van der Waals surface area contributed by atoms with E-state index in [1.54, 1.807) is 0 Å². The predicted octanol–water partition coefficient (Wildman–Crippen LogP) is 2.30. The van der Waals surface area contributed by atoms with Gasteiger partial charge >= 0.3 is 0 Å². The van der Waals surface area contributed by atoms with E-state index in [4.69, 9.17) is 5.73 Å². The molecule has 84 valence electrons. The monoisotopic (exact) mass is 247 g/mol. The van der Waals surface area contributed by atoms with Crippen molar-refractivity contribution in [2.75, 3.05) is 0 Å². The van der Waals surface area contributed by atoms with Gasteiger partial charge < -0.3 is 10.7 Å². The van der Waals surface area contributed by atoms with Gasteiger partial charge in [0.05, 0.1) is 11.0 Å². The van der Waals surface area contributed by atoms with Crippen LogP contribution in [0.25, 0.3) is 11.0 Å². The van der Waals surface area contributed by atoms with Crippen LogP contribution in [0.1, 0.15) is 12.7 Å². The molecule has 0 bridgehead atoms. The summed E-state index contributed by atoms with van der Waals surface area (Å²) in [6.07, 6.45) is 0.800. The van der Waals surface area contributed by atoms with Crippen molar-refractivity contribution in [1.29, 1.82) is 0 Å². The van der Waals surface area contributed by atoms with E-state index >= 15 is 0 Å². The number of imidazole rings is 1. The van der Waals surface area contributed by atoms with E-state index in [1.807, 2.05) is 31.2 Å². The first-order valence-corrected chi connectivity index (χ1v) is 4.45. The fourth-order valence-electron chi connectivity index (χ4n) is 1.41. The van der Waals surface area contributed by atoms with Crippen LogP contribution >= 0.6 is 24.8 Å². The fourth-order valence-corrected chi connectivity index (χ4v) is 1.41. The Kier molecular flexibility index (Phi) is 5.65. The highest BCUT2D eigenvalue weighted by molar-refractivity contribution is 5.85. The SMILES string of the molecule is C[C@H](N)Cc1nc2ccccc2[nH]1.Cl.Cl. The number of nitrogens with one attached hydrogen (secondary N) is 1. The minimum Gasteiger partial charge on any atom is -0.342 e. The van der Waals surface area contributed by atoms with Crippen molar-refractivity contribution in [2.24, 2.45) is 5.73 Å². The van der Waals surface area contributed by atoms with Gasteiger partial charge in [0, 0.05) is 12.5 Å². The van der Waals surface area contributed by atoms with Gasteiger partial charge in [-0.3, -0.25) is 0 Å². The number of aromatic nitrogens is 2. The lowest BCUT2D eigenvalue weighted by Crippen LogP contribution is -2.18. The highest BCUT2D eigenvalue weighted by atomic mass is 35.5. The molecule has 1 heterocycles. The summed E-state index contributed by atoms with van der Waals surface area (Å²) in [5.74, 6) is 0.969. The number of fused-ring (bicyclic) bond motifs is 1. The van der Waals surface area contributed by atoms with Gasteiger partial charge in [-0.05, 0) is 19.1 Å². The number of benzene rings is 1. The van der Waals surface area contributed by atoms with Crippen molar-refractivity contribution in [1.82, 2.24) is 9.97 Å². The van der Waals surface area contributed by atoms with Gasteiger partial charge in [0.2, 0.25) is 0 Å². The van der Waals surface area contributed by atoms with Crippen molar-refractivity contribution >= 4 is 35.8 Å².